The molecule has 1 aromatic carbocycles. The van der Waals surface area contributed by atoms with Crippen LogP contribution in [0.15, 0.2) is 24.3 Å². The molecule has 1 aliphatic heterocycles. The highest BCUT2D eigenvalue weighted by Gasteiger charge is 2.36. The molecular weight excluding hydrogens is 282 g/mol. The number of ether oxygens (including phenoxy) is 1. The van der Waals surface area contributed by atoms with Crippen molar-refractivity contribution >= 4 is 17.6 Å². The Balaban J connectivity index is 1.97. The zero-order valence-corrected chi connectivity index (χ0v) is 13.1. The zero-order chi connectivity index (χ0) is 16.1. The van der Waals surface area contributed by atoms with Crippen molar-refractivity contribution in [2.24, 2.45) is 0 Å². The van der Waals surface area contributed by atoms with Crippen molar-refractivity contribution in [1.29, 1.82) is 0 Å². The molecule has 1 aromatic rings. The van der Waals surface area contributed by atoms with Crippen molar-refractivity contribution in [3.8, 4) is 0 Å². The molecule has 1 fully saturated rings. The number of unbranched alkanes of at least 4 members (excludes halogenated alkanes) is 1. The third-order valence-electron chi connectivity index (χ3n) is 4.04. The SMILES string of the molecule is CCCCc1ccc(N(C)C(=O)[C@@H]2CC[C@H](C(=O)O)O2)cc1. The Labute approximate surface area is 130 Å². The number of carboxylic acids is 1. The van der Waals surface area contributed by atoms with E-state index in [4.69, 9.17) is 9.84 Å². The molecule has 0 bridgehead atoms. The van der Waals surface area contributed by atoms with Crippen LogP contribution in [-0.2, 0) is 20.7 Å². The second kappa shape index (κ2) is 7.40. The van der Waals surface area contributed by atoms with Crippen LogP contribution in [0.1, 0.15) is 38.2 Å². The maximum Gasteiger partial charge on any atom is 0.332 e. The van der Waals surface area contributed by atoms with Gasteiger partial charge in [0.1, 0.15) is 6.10 Å². The third-order valence-corrected chi connectivity index (χ3v) is 4.04. The van der Waals surface area contributed by atoms with E-state index in [-0.39, 0.29) is 5.91 Å². The normalized spacial score (nSPS) is 20.8. The maximum absolute atomic E-state index is 12.4. The van der Waals surface area contributed by atoms with Gasteiger partial charge in [0.25, 0.3) is 5.91 Å². The molecule has 1 N–H and O–H groups in total. The number of amides is 1. The molecule has 0 spiro atoms. The van der Waals surface area contributed by atoms with Crippen LogP contribution in [0, 0.1) is 0 Å². The Morgan fingerprint density at radius 1 is 1.23 bits per heavy atom. The first kappa shape index (κ1) is 16.5. The van der Waals surface area contributed by atoms with Crippen molar-refractivity contribution in [1.82, 2.24) is 0 Å². The summed E-state index contributed by atoms with van der Waals surface area (Å²) >= 11 is 0. The van der Waals surface area contributed by atoms with Crippen LogP contribution in [-0.4, -0.2) is 36.2 Å². The summed E-state index contributed by atoms with van der Waals surface area (Å²) in [4.78, 5) is 24.8. The van der Waals surface area contributed by atoms with E-state index >= 15 is 0 Å². The van der Waals surface area contributed by atoms with Gasteiger partial charge >= 0.3 is 5.97 Å². The monoisotopic (exact) mass is 305 g/mol. The van der Waals surface area contributed by atoms with Gasteiger partial charge in [0.2, 0.25) is 0 Å². The van der Waals surface area contributed by atoms with Crippen LogP contribution >= 0.6 is 0 Å². The number of carbonyl (C=O) groups excluding carboxylic acids is 1. The topological polar surface area (TPSA) is 66.8 Å². The van der Waals surface area contributed by atoms with Crippen LogP contribution in [0.4, 0.5) is 5.69 Å². The van der Waals surface area contributed by atoms with E-state index in [1.807, 2.05) is 24.3 Å². The predicted molar refractivity (Wildman–Crippen MR) is 84.0 cm³/mol. The van der Waals surface area contributed by atoms with Crippen LogP contribution < -0.4 is 4.90 Å². The van der Waals surface area contributed by atoms with E-state index < -0.39 is 18.2 Å². The molecule has 22 heavy (non-hydrogen) atoms. The van der Waals surface area contributed by atoms with Crippen LogP contribution in [0.5, 0.6) is 0 Å². The summed E-state index contributed by atoms with van der Waals surface area (Å²) in [5.41, 5.74) is 2.06. The van der Waals surface area contributed by atoms with Crippen LogP contribution in [0.25, 0.3) is 0 Å². The quantitative estimate of drug-likeness (QED) is 0.877. The molecule has 1 aliphatic rings. The van der Waals surface area contributed by atoms with Crippen LogP contribution in [0.2, 0.25) is 0 Å². The molecule has 1 saturated heterocycles. The number of likely N-dealkylation sites (N-methyl/N-ethyl adjacent to an activating group) is 1. The van der Waals surface area contributed by atoms with Crippen molar-refractivity contribution in [2.45, 2.75) is 51.2 Å². The lowest BCUT2D eigenvalue weighted by Crippen LogP contribution is -2.37. The molecule has 0 aromatic heterocycles. The minimum absolute atomic E-state index is 0.190. The Kier molecular flexibility index (Phi) is 5.55. The van der Waals surface area contributed by atoms with Gasteiger partial charge in [-0.25, -0.2) is 4.79 Å². The molecule has 0 radical (unpaired) electrons. The summed E-state index contributed by atoms with van der Waals surface area (Å²) in [5.74, 6) is -1.19. The van der Waals surface area contributed by atoms with Gasteiger partial charge in [-0.1, -0.05) is 25.5 Å². The fourth-order valence-corrected chi connectivity index (χ4v) is 2.61. The number of aliphatic carboxylic acids is 1. The van der Waals surface area contributed by atoms with Gasteiger partial charge in [0, 0.05) is 12.7 Å². The van der Waals surface area contributed by atoms with E-state index in [1.165, 1.54) is 5.56 Å². The number of benzene rings is 1. The summed E-state index contributed by atoms with van der Waals surface area (Å²) in [6, 6.07) is 7.91. The lowest BCUT2D eigenvalue weighted by atomic mass is 10.1. The number of anilines is 1. The highest BCUT2D eigenvalue weighted by Crippen LogP contribution is 2.24. The first-order valence-corrected chi connectivity index (χ1v) is 7.77. The Morgan fingerprint density at radius 2 is 1.86 bits per heavy atom. The molecule has 2 rings (SSSR count). The minimum Gasteiger partial charge on any atom is -0.479 e. The first-order chi connectivity index (χ1) is 10.5. The van der Waals surface area contributed by atoms with E-state index in [0.29, 0.717) is 12.8 Å². The number of aryl methyl sites for hydroxylation is 1. The highest BCUT2D eigenvalue weighted by atomic mass is 16.5. The molecule has 120 valence electrons. The molecule has 2 atom stereocenters. The number of carboxylic acid groups (broad SMARTS) is 1. The van der Waals surface area contributed by atoms with Crippen molar-refractivity contribution < 1.29 is 19.4 Å². The summed E-state index contributed by atoms with van der Waals surface area (Å²) < 4.78 is 5.31. The van der Waals surface area contributed by atoms with Gasteiger partial charge in [-0.15, -0.1) is 0 Å². The zero-order valence-electron chi connectivity index (χ0n) is 13.1. The summed E-state index contributed by atoms with van der Waals surface area (Å²) in [6.45, 7) is 2.16. The Hall–Kier alpha value is -1.88. The fraction of sp³-hybridized carbons (Fsp3) is 0.529. The summed E-state index contributed by atoms with van der Waals surface area (Å²) in [6.07, 6.45) is 2.67. The molecule has 5 heteroatoms. The average molecular weight is 305 g/mol. The van der Waals surface area contributed by atoms with Gasteiger partial charge in [0.15, 0.2) is 6.10 Å². The maximum atomic E-state index is 12.4. The van der Waals surface area contributed by atoms with E-state index in [0.717, 1.165) is 24.9 Å². The molecule has 0 aliphatic carbocycles. The predicted octanol–water partition coefficient (Wildman–Crippen LogP) is 2.62. The second-order valence-corrected chi connectivity index (χ2v) is 5.70. The van der Waals surface area contributed by atoms with Crippen molar-refractivity contribution in [2.75, 3.05) is 11.9 Å². The summed E-state index contributed by atoms with van der Waals surface area (Å²) in [5, 5.41) is 8.92. The largest absolute Gasteiger partial charge is 0.479 e. The highest BCUT2D eigenvalue weighted by molar-refractivity contribution is 5.96. The molecule has 1 heterocycles. The lowest BCUT2D eigenvalue weighted by molar-refractivity contribution is -0.151. The van der Waals surface area contributed by atoms with Gasteiger partial charge in [-0.2, -0.15) is 0 Å². The lowest BCUT2D eigenvalue weighted by Gasteiger charge is -2.21. The van der Waals surface area contributed by atoms with Gasteiger partial charge in [0.05, 0.1) is 0 Å². The average Bonchev–Trinajstić information content (AvgIpc) is 3.02. The summed E-state index contributed by atoms with van der Waals surface area (Å²) in [7, 11) is 1.70. The van der Waals surface area contributed by atoms with Gasteiger partial charge in [-0.05, 0) is 43.4 Å². The Morgan fingerprint density at radius 3 is 2.41 bits per heavy atom. The Bertz CT molecular complexity index is 526. The smallest absolute Gasteiger partial charge is 0.332 e. The number of hydrogen-bond acceptors (Lipinski definition) is 3. The fourth-order valence-electron chi connectivity index (χ4n) is 2.61. The number of rotatable bonds is 6. The van der Waals surface area contributed by atoms with E-state index in [2.05, 4.69) is 6.92 Å². The molecule has 0 unspecified atom stereocenters. The van der Waals surface area contributed by atoms with Gasteiger partial charge < -0.3 is 14.7 Å². The van der Waals surface area contributed by atoms with Gasteiger partial charge in [-0.3, -0.25) is 4.79 Å². The van der Waals surface area contributed by atoms with E-state index in [9.17, 15) is 9.59 Å². The third kappa shape index (κ3) is 3.85. The van der Waals surface area contributed by atoms with Crippen molar-refractivity contribution in [3.63, 3.8) is 0 Å². The number of nitrogens with zero attached hydrogens (tertiary/aromatic N) is 1. The molecule has 0 saturated carbocycles. The van der Waals surface area contributed by atoms with Crippen LogP contribution in [0.3, 0.4) is 0 Å². The van der Waals surface area contributed by atoms with Crippen molar-refractivity contribution in [3.05, 3.63) is 29.8 Å². The first-order valence-electron chi connectivity index (χ1n) is 7.77. The number of carbonyl (C=O) groups is 2. The minimum atomic E-state index is -1.00. The molecule has 5 nitrogen and oxygen atoms in total. The standard InChI is InChI=1S/C17H23NO4/c1-3-4-5-12-6-8-13(9-7-12)18(2)16(19)14-10-11-15(22-14)17(20)21/h6-9,14-15H,3-5,10-11H2,1-2H3,(H,20,21)/t14-,15+/m0/s1. The second-order valence-electron chi connectivity index (χ2n) is 5.70. The molecule has 1 amide bonds. The molecular formula is C17H23NO4. The van der Waals surface area contributed by atoms with E-state index in [1.54, 1.807) is 11.9 Å². The number of hydrogen-bond donors (Lipinski definition) is 1.